The van der Waals surface area contributed by atoms with Crippen molar-refractivity contribution >= 4 is 0 Å². The van der Waals surface area contributed by atoms with Crippen molar-refractivity contribution in [1.29, 1.82) is 0 Å². The zero-order valence-corrected chi connectivity index (χ0v) is 12.9. The van der Waals surface area contributed by atoms with Crippen molar-refractivity contribution in [2.75, 3.05) is 20.3 Å². The summed E-state index contributed by atoms with van der Waals surface area (Å²) in [6.07, 6.45) is 0.824. The molecule has 2 rings (SSSR count). The molecule has 0 heterocycles. The van der Waals surface area contributed by atoms with E-state index in [0.29, 0.717) is 13.2 Å². The van der Waals surface area contributed by atoms with Crippen molar-refractivity contribution < 1.29 is 14.2 Å². The van der Waals surface area contributed by atoms with Gasteiger partial charge in [-0.25, -0.2) is 0 Å². The lowest BCUT2D eigenvalue weighted by Crippen LogP contribution is -2.05. The number of aryl methyl sites for hydroxylation is 2. The van der Waals surface area contributed by atoms with E-state index >= 15 is 0 Å². The van der Waals surface area contributed by atoms with Crippen molar-refractivity contribution in [2.45, 2.75) is 20.3 Å². The highest BCUT2D eigenvalue weighted by molar-refractivity contribution is 5.42. The Hall–Kier alpha value is -2.16. The maximum atomic E-state index is 5.74. The largest absolute Gasteiger partial charge is 0.493 e. The van der Waals surface area contributed by atoms with Gasteiger partial charge in [-0.3, -0.25) is 0 Å². The maximum absolute atomic E-state index is 5.74. The molecule has 0 radical (unpaired) electrons. The summed E-state index contributed by atoms with van der Waals surface area (Å²) in [5, 5.41) is 0. The molecule has 0 aliphatic carbocycles. The lowest BCUT2D eigenvalue weighted by atomic mass is 10.2. The van der Waals surface area contributed by atoms with Crippen LogP contribution in [0, 0.1) is 13.8 Å². The molecule has 112 valence electrons. The lowest BCUT2D eigenvalue weighted by molar-refractivity contribution is 0.240. The van der Waals surface area contributed by atoms with Crippen LogP contribution < -0.4 is 14.2 Å². The molecule has 0 aliphatic rings. The molecule has 2 aromatic carbocycles. The van der Waals surface area contributed by atoms with Crippen LogP contribution in [0.2, 0.25) is 0 Å². The zero-order valence-electron chi connectivity index (χ0n) is 12.9. The molecule has 21 heavy (non-hydrogen) atoms. The Morgan fingerprint density at radius 2 is 1.57 bits per heavy atom. The summed E-state index contributed by atoms with van der Waals surface area (Å²) < 4.78 is 16.7. The minimum atomic E-state index is 0.602. The lowest BCUT2D eigenvalue weighted by Gasteiger charge is -2.11. The van der Waals surface area contributed by atoms with Crippen LogP contribution in [0.4, 0.5) is 0 Å². The Morgan fingerprint density at radius 3 is 2.33 bits per heavy atom. The highest BCUT2D eigenvalue weighted by Crippen LogP contribution is 2.27. The average molecular weight is 286 g/mol. The van der Waals surface area contributed by atoms with E-state index in [1.165, 1.54) is 5.56 Å². The Morgan fingerprint density at radius 1 is 0.810 bits per heavy atom. The van der Waals surface area contributed by atoms with Gasteiger partial charge in [-0.05, 0) is 49.2 Å². The topological polar surface area (TPSA) is 27.7 Å². The van der Waals surface area contributed by atoms with E-state index < -0.39 is 0 Å². The van der Waals surface area contributed by atoms with Gasteiger partial charge in [0, 0.05) is 6.42 Å². The molecular weight excluding hydrogens is 264 g/mol. The van der Waals surface area contributed by atoms with Crippen LogP contribution >= 0.6 is 0 Å². The number of hydrogen-bond donors (Lipinski definition) is 0. The van der Waals surface area contributed by atoms with Crippen LogP contribution in [-0.2, 0) is 0 Å². The summed E-state index contributed by atoms with van der Waals surface area (Å²) in [6.45, 7) is 5.32. The van der Waals surface area contributed by atoms with Crippen molar-refractivity contribution in [3.8, 4) is 17.2 Å². The minimum absolute atomic E-state index is 0.602. The van der Waals surface area contributed by atoms with Gasteiger partial charge in [0.25, 0.3) is 0 Å². The van der Waals surface area contributed by atoms with Crippen LogP contribution in [0.5, 0.6) is 17.2 Å². The third-order valence-corrected chi connectivity index (χ3v) is 3.12. The number of methoxy groups -OCH3 is 1. The molecule has 0 unspecified atom stereocenters. The van der Waals surface area contributed by atoms with Gasteiger partial charge in [0.05, 0.1) is 20.3 Å². The number of rotatable bonds is 7. The first-order chi connectivity index (χ1) is 10.2. The molecule has 3 nitrogen and oxygen atoms in total. The Kier molecular flexibility index (Phi) is 5.50. The molecular formula is C18H22O3. The van der Waals surface area contributed by atoms with Gasteiger partial charge >= 0.3 is 0 Å². The highest BCUT2D eigenvalue weighted by atomic mass is 16.5. The van der Waals surface area contributed by atoms with E-state index in [1.807, 2.05) is 43.3 Å². The van der Waals surface area contributed by atoms with Gasteiger partial charge in [-0.15, -0.1) is 0 Å². The summed E-state index contributed by atoms with van der Waals surface area (Å²) in [5.74, 6) is 2.45. The molecule has 0 saturated carbocycles. The van der Waals surface area contributed by atoms with Crippen LogP contribution in [0.25, 0.3) is 0 Å². The van der Waals surface area contributed by atoms with Gasteiger partial charge in [-0.2, -0.15) is 0 Å². The van der Waals surface area contributed by atoms with E-state index in [0.717, 1.165) is 29.2 Å². The predicted molar refractivity (Wildman–Crippen MR) is 84.5 cm³/mol. The first kappa shape index (κ1) is 15.2. The van der Waals surface area contributed by atoms with E-state index in [-0.39, 0.29) is 0 Å². The molecule has 0 fully saturated rings. The fourth-order valence-electron chi connectivity index (χ4n) is 2.03. The SMILES string of the molecule is COc1cc(C)ccc1OCCCOc1cccc(C)c1. The van der Waals surface area contributed by atoms with Crippen molar-refractivity contribution in [2.24, 2.45) is 0 Å². The standard InChI is InChI=1S/C18H22O3/c1-14-6-4-7-16(12-14)20-10-5-11-21-17-9-8-15(2)13-18(17)19-3/h4,6-9,12-13H,5,10-11H2,1-3H3. The summed E-state index contributed by atoms with van der Waals surface area (Å²) in [4.78, 5) is 0. The molecule has 3 heteroatoms. The van der Waals surface area contributed by atoms with Crippen LogP contribution in [0.1, 0.15) is 17.5 Å². The quantitative estimate of drug-likeness (QED) is 0.715. The number of hydrogen-bond acceptors (Lipinski definition) is 3. The number of benzene rings is 2. The van der Waals surface area contributed by atoms with E-state index in [4.69, 9.17) is 14.2 Å². The normalized spacial score (nSPS) is 10.2. The molecule has 2 aromatic rings. The first-order valence-corrected chi connectivity index (χ1v) is 7.16. The summed E-state index contributed by atoms with van der Waals surface area (Å²) in [7, 11) is 1.66. The molecule has 0 atom stereocenters. The third kappa shape index (κ3) is 4.71. The second-order valence-electron chi connectivity index (χ2n) is 5.02. The van der Waals surface area contributed by atoms with Gasteiger partial charge < -0.3 is 14.2 Å². The zero-order chi connectivity index (χ0) is 15.1. The van der Waals surface area contributed by atoms with Crippen molar-refractivity contribution in [3.63, 3.8) is 0 Å². The Labute approximate surface area is 126 Å². The van der Waals surface area contributed by atoms with E-state index in [9.17, 15) is 0 Å². The van der Waals surface area contributed by atoms with Crippen molar-refractivity contribution in [3.05, 3.63) is 53.6 Å². The van der Waals surface area contributed by atoms with E-state index in [2.05, 4.69) is 13.0 Å². The van der Waals surface area contributed by atoms with Crippen molar-refractivity contribution in [1.82, 2.24) is 0 Å². The fraction of sp³-hybridized carbons (Fsp3) is 0.333. The molecule has 0 bridgehead atoms. The molecule has 0 N–H and O–H groups in total. The summed E-state index contributed by atoms with van der Waals surface area (Å²) >= 11 is 0. The highest BCUT2D eigenvalue weighted by Gasteiger charge is 2.04. The fourth-order valence-corrected chi connectivity index (χ4v) is 2.03. The second kappa shape index (κ2) is 7.58. The van der Waals surface area contributed by atoms with Gasteiger partial charge in [-0.1, -0.05) is 18.2 Å². The predicted octanol–water partition coefficient (Wildman–Crippen LogP) is 4.16. The van der Waals surface area contributed by atoms with Crippen LogP contribution in [-0.4, -0.2) is 20.3 Å². The first-order valence-electron chi connectivity index (χ1n) is 7.16. The monoisotopic (exact) mass is 286 g/mol. The Balaban J connectivity index is 1.75. The molecule has 0 spiro atoms. The average Bonchev–Trinajstić information content (AvgIpc) is 2.48. The molecule has 0 saturated heterocycles. The van der Waals surface area contributed by atoms with Gasteiger partial charge in [0.15, 0.2) is 11.5 Å². The van der Waals surface area contributed by atoms with Gasteiger partial charge in [0.1, 0.15) is 5.75 Å². The maximum Gasteiger partial charge on any atom is 0.161 e. The van der Waals surface area contributed by atoms with Crippen LogP contribution in [0.3, 0.4) is 0 Å². The summed E-state index contributed by atoms with van der Waals surface area (Å²) in [6, 6.07) is 14.0. The molecule has 0 amide bonds. The third-order valence-electron chi connectivity index (χ3n) is 3.12. The van der Waals surface area contributed by atoms with Gasteiger partial charge in [0.2, 0.25) is 0 Å². The minimum Gasteiger partial charge on any atom is -0.493 e. The van der Waals surface area contributed by atoms with Crippen LogP contribution in [0.15, 0.2) is 42.5 Å². The number of ether oxygens (including phenoxy) is 3. The van der Waals surface area contributed by atoms with E-state index in [1.54, 1.807) is 7.11 Å². The Bertz CT molecular complexity index is 578. The summed E-state index contributed by atoms with van der Waals surface area (Å²) in [5.41, 5.74) is 2.36. The second-order valence-corrected chi connectivity index (χ2v) is 5.02. The smallest absolute Gasteiger partial charge is 0.161 e. The molecule has 0 aliphatic heterocycles. The molecule has 0 aromatic heterocycles.